The highest BCUT2D eigenvalue weighted by atomic mass is 19.4. The van der Waals surface area contributed by atoms with Gasteiger partial charge in [-0.3, -0.25) is 4.79 Å². The predicted molar refractivity (Wildman–Crippen MR) is 73.9 cm³/mol. The van der Waals surface area contributed by atoms with E-state index in [0.717, 1.165) is 12.1 Å². The summed E-state index contributed by atoms with van der Waals surface area (Å²) in [7, 11) is 1.79. The summed E-state index contributed by atoms with van der Waals surface area (Å²) in [4.78, 5) is 12.3. The van der Waals surface area contributed by atoms with E-state index in [0.29, 0.717) is 24.9 Å². The van der Waals surface area contributed by atoms with Crippen molar-refractivity contribution in [1.82, 2.24) is 10.6 Å². The van der Waals surface area contributed by atoms with E-state index < -0.39 is 17.2 Å². The molecule has 1 amide bonds. The third-order valence-corrected chi connectivity index (χ3v) is 3.99. The SMILES string of the molecule is CNC(C)CNC(=O)C1(c2cccc(C(F)(F)F)c2)CC1. The Bertz CT molecular complexity index is 524. The van der Waals surface area contributed by atoms with E-state index in [1.165, 1.54) is 6.07 Å². The first-order valence-corrected chi connectivity index (χ1v) is 6.93. The fraction of sp³-hybridized carbons (Fsp3) is 0.533. The first-order valence-electron chi connectivity index (χ1n) is 6.93. The zero-order chi connectivity index (χ0) is 15.7. The summed E-state index contributed by atoms with van der Waals surface area (Å²) in [5.74, 6) is -0.191. The molecule has 2 N–H and O–H groups in total. The Labute approximate surface area is 121 Å². The van der Waals surface area contributed by atoms with Gasteiger partial charge in [0.15, 0.2) is 0 Å². The van der Waals surface area contributed by atoms with E-state index in [2.05, 4.69) is 10.6 Å². The van der Waals surface area contributed by atoms with Gasteiger partial charge in [0.05, 0.1) is 11.0 Å². The maximum Gasteiger partial charge on any atom is 0.416 e. The summed E-state index contributed by atoms with van der Waals surface area (Å²) in [6.45, 7) is 2.38. The lowest BCUT2D eigenvalue weighted by atomic mass is 9.93. The fourth-order valence-electron chi connectivity index (χ4n) is 2.28. The van der Waals surface area contributed by atoms with Crippen LogP contribution in [0, 0.1) is 0 Å². The standard InChI is InChI=1S/C15H19F3N2O/c1-10(19-2)9-20-13(21)14(6-7-14)11-4-3-5-12(8-11)15(16,17)18/h3-5,8,10,19H,6-7,9H2,1-2H3,(H,20,21). The van der Waals surface area contributed by atoms with Gasteiger partial charge >= 0.3 is 6.18 Å². The highest BCUT2D eigenvalue weighted by Gasteiger charge is 2.51. The van der Waals surface area contributed by atoms with Crippen molar-refractivity contribution >= 4 is 5.91 Å². The third-order valence-electron chi connectivity index (χ3n) is 3.99. The van der Waals surface area contributed by atoms with E-state index in [1.54, 1.807) is 13.1 Å². The number of carbonyl (C=O) groups excluding carboxylic acids is 1. The first kappa shape index (κ1) is 15.8. The average Bonchev–Trinajstić information content (AvgIpc) is 3.25. The molecule has 2 rings (SSSR count). The van der Waals surface area contributed by atoms with Gasteiger partial charge in [-0.05, 0) is 38.4 Å². The second-order valence-corrected chi connectivity index (χ2v) is 5.56. The molecule has 0 aromatic heterocycles. The summed E-state index contributed by atoms with van der Waals surface area (Å²) in [6, 6.07) is 5.20. The summed E-state index contributed by atoms with van der Waals surface area (Å²) >= 11 is 0. The molecule has 1 atom stereocenters. The molecule has 0 radical (unpaired) electrons. The van der Waals surface area contributed by atoms with Crippen molar-refractivity contribution in [2.45, 2.75) is 37.4 Å². The molecule has 0 spiro atoms. The van der Waals surface area contributed by atoms with Gasteiger partial charge in [-0.25, -0.2) is 0 Å². The Morgan fingerprint density at radius 2 is 2.05 bits per heavy atom. The molecule has 1 aliphatic carbocycles. The Balaban J connectivity index is 2.15. The first-order chi connectivity index (χ1) is 9.79. The van der Waals surface area contributed by atoms with Crippen molar-refractivity contribution in [1.29, 1.82) is 0 Å². The number of amides is 1. The quantitative estimate of drug-likeness (QED) is 0.877. The van der Waals surface area contributed by atoms with Crippen molar-refractivity contribution in [3.8, 4) is 0 Å². The molecule has 6 heteroatoms. The van der Waals surface area contributed by atoms with Crippen molar-refractivity contribution in [2.75, 3.05) is 13.6 Å². The van der Waals surface area contributed by atoms with Crippen LogP contribution >= 0.6 is 0 Å². The van der Waals surface area contributed by atoms with Gasteiger partial charge in [-0.2, -0.15) is 13.2 Å². The second-order valence-electron chi connectivity index (χ2n) is 5.56. The smallest absolute Gasteiger partial charge is 0.354 e. The molecule has 0 aliphatic heterocycles. The van der Waals surface area contributed by atoms with Crippen molar-refractivity contribution in [3.63, 3.8) is 0 Å². The van der Waals surface area contributed by atoms with Crippen LogP contribution in [0.4, 0.5) is 13.2 Å². The van der Waals surface area contributed by atoms with E-state index in [4.69, 9.17) is 0 Å². The van der Waals surface area contributed by atoms with E-state index >= 15 is 0 Å². The molecule has 0 saturated heterocycles. The number of nitrogens with one attached hydrogen (secondary N) is 2. The molecule has 1 aromatic carbocycles. The molecule has 0 heterocycles. The average molecular weight is 300 g/mol. The molecule has 1 fully saturated rings. The molecular formula is C15H19F3N2O. The molecule has 1 aromatic rings. The van der Waals surface area contributed by atoms with E-state index in [9.17, 15) is 18.0 Å². The lowest BCUT2D eigenvalue weighted by Crippen LogP contribution is -2.42. The molecule has 21 heavy (non-hydrogen) atoms. The van der Waals surface area contributed by atoms with Gasteiger partial charge in [-0.1, -0.05) is 18.2 Å². The summed E-state index contributed by atoms with van der Waals surface area (Å²) < 4.78 is 38.3. The Hall–Kier alpha value is -1.56. The van der Waals surface area contributed by atoms with Crippen LogP contribution < -0.4 is 10.6 Å². The van der Waals surface area contributed by atoms with Crippen LogP contribution in [0.25, 0.3) is 0 Å². The number of likely N-dealkylation sites (N-methyl/N-ethyl adjacent to an activating group) is 1. The zero-order valence-electron chi connectivity index (χ0n) is 12.1. The van der Waals surface area contributed by atoms with E-state index in [-0.39, 0.29) is 11.9 Å². The summed E-state index contributed by atoms with van der Waals surface area (Å²) in [6.07, 6.45) is -3.20. The van der Waals surface area contributed by atoms with Crippen LogP contribution in [-0.4, -0.2) is 25.5 Å². The monoisotopic (exact) mass is 300 g/mol. The van der Waals surface area contributed by atoms with E-state index in [1.807, 2.05) is 6.92 Å². The van der Waals surface area contributed by atoms with Gasteiger partial charge in [0.25, 0.3) is 0 Å². The van der Waals surface area contributed by atoms with Crippen LogP contribution in [0.3, 0.4) is 0 Å². The number of hydrogen-bond donors (Lipinski definition) is 2. The van der Waals surface area contributed by atoms with Crippen LogP contribution in [0.1, 0.15) is 30.9 Å². The van der Waals surface area contributed by atoms with Gasteiger partial charge in [0, 0.05) is 12.6 Å². The summed E-state index contributed by atoms with van der Waals surface area (Å²) in [5, 5.41) is 5.81. The molecular weight excluding hydrogens is 281 g/mol. The normalized spacial score (nSPS) is 18.1. The molecule has 3 nitrogen and oxygen atoms in total. The largest absolute Gasteiger partial charge is 0.416 e. The van der Waals surface area contributed by atoms with Crippen LogP contribution in [-0.2, 0) is 16.4 Å². The minimum absolute atomic E-state index is 0.117. The summed E-state index contributed by atoms with van der Waals surface area (Å²) in [5.41, 5.74) is -1.04. The molecule has 1 saturated carbocycles. The number of carbonyl (C=O) groups is 1. The number of halogens is 3. The highest BCUT2D eigenvalue weighted by Crippen LogP contribution is 2.49. The van der Waals surface area contributed by atoms with Crippen molar-refractivity contribution in [3.05, 3.63) is 35.4 Å². The minimum atomic E-state index is -4.39. The lowest BCUT2D eigenvalue weighted by Gasteiger charge is -2.19. The zero-order valence-corrected chi connectivity index (χ0v) is 12.1. The van der Waals surface area contributed by atoms with Crippen molar-refractivity contribution < 1.29 is 18.0 Å². The van der Waals surface area contributed by atoms with Crippen LogP contribution in [0.2, 0.25) is 0 Å². The lowest BCUT2D eigenvalue weighted by molar-refractivity contribution is -0.137. The topological polar surface area (TPSA) is 41.1 Å². The van der Waals surface area contributed by atoms with Gasteiger partial charge in [-0.15, -0.1) is 0 Å². The number of rotatable bonds is 5. The Morgan fingerprint density at radius 3 is 2.57 bits per heavy atom. The molecule has 1 aliphatic rings. The van der Waals surface area contributed by atoms with Gasteiger partial charge in [0.2, 0.25) is 5.91 Å². The highest BCUT2D eigenvalue weighted by molar-refractivity contribution is 5.91. The maximum absolute atomic E-state index is 12.8. The number of benzene rings is 1. The maximum atomic E-state index is 12.8. The Morgan fingerprint density at radius 1 is 1.38 bits per heavy atom. The number of alkyl halides is 3. The second kappa shape index (κ2) is 5.67. The predicted octanol–water partition coefficient (Wildman–Crippen LogP) is 2.46. The Kier molecular flexibility index (Phi) is 4.27. The van der Waals surface area contributed by atoms with Crippen LogP contribution in [0.5, 0.6) is 0 Å². The van der Waals surface area contributed by atoms with Gasteiger partial charge in [0.1, 0.15) is 0 Å². The molecule has 0 bridgehead atoms. The number of hydrogen-bond acceptors (Lipinski definition) is 2. The molecule has 1 unspecified atom stereocenters. The van der Waals surface area contributed by atoms with Crippen molar-refractivity contribution in [2.24, 2.45) is 0 Å². The molecule has 116 valence electrons. The fourth-order valence-corrected chi connectivity index (χ4v) is 2.28. The third kappa shape index (κ3) is 3.37. The van der Waals surface area contributed by atoms with Crippen LogP contribution in [0.15, 0.2) is 24.3 Å². The van der Waals surface area contributed by atoms with Gasteiger partial charge < -0.3 is 10.6 Å². The minimum Gasteiger partial charge on any atom is -0.354 e.